The Labute approximate surface area is 161 Å². The van der Waals surface area contributed by atoms with Crippen molar-refractivity contribution in [3.8, 4) is 5.75 Å². The maximum atomic E-state index is 12.2. The molecule has 0 aliphatic heterocycles. The maximum absolute atomic E-state index is 12.2. The molecule has 0 atom stereocenters. The normalized spacial score (nSPS) is 11.0. The number of nitrogens with one attached hydrogen (secondary N) is 1. The fourth-order valence-corrected chi connectivity index (χ4v) is 3.42. The van der Waals surface area contributed by atoms with Gasteiger partial charge in [0.15, 0.2) is 5.82 Å². The summed E-state index contributed by atoms with van der Waals surface area (Å²) in [7, 11) is 3.52. The highest BCUT2D eigenvalue weighted by molar-refractivity contribution is 7.11. The Morgan fingerprint density at radius 3 is 2.89 bits per heavy atom. The molecule has 1 aromatic carbocycles. The number of anilines is 1. The highest BCUT2D eigenvalue weighted by atomic mass is 32.1. The molecule has 1 amide bonds. The molecule has 0 saturated heterocycles. The van der Waals surface area contributed by atoms with E-state index in [0.29, 0.717) is 29.7 Å². The minimum absolute atomic E-state index is 0.0271. The summed E-state index contributed by atoms with van der Waals surface area (Å²) >= 11 is 1.66. The van der Waals surface area contributed by atoms with Gasteiger partial charge in [-0.1, -0.05) is 17.3 Å². The van der Waals surface area contributed by atoms with Gasteiger partial charge in [-0.3, -0.25) is 9.69 Å². The van der Waals surface area contributed by atoms with E-state index in [4.69, 9.17) is 9.26 Å². The van der Waals surface area contributed by atoms with Crippen molar-refractivity contribution in [3.63, 3.8) is 0 Å². The van der Waals surface area contributed by atoms with Crippen LogP contribution in [0.15, 0.2) is 35.0 Å². The number of hydrogen-bond donors (Lipinski definition) is 1. The summed E-state index contributed by atoms with van der Waals surface area (Å²) in [6, 6.07) is 7.21. The van der Waals surface area contributed by atoms with E-state index in [2.05, 4.69) is 25.3 Å². The summed E-state index contributed by atoms with van der Waals surface area (Å²) in [5.41, 5.74) is 0.605. The lowest BCUT2D eigenvalue weighted by molar-refractivity contribution is -0.115. The number of ether oxygens (including phenoxy) is 1. The van der Waals surface area contributed by atoms with Gasteiger partial charge in [0.2, 0.25) is 11.8 Å². The lowest BCUT2D eigenvalue weighted by Crippen LogP contribution is -2.17. The first-order valence-electron chi connectivity index (χ1n) is 8.37. The van der Waals surface area contributed by atoms with E-state index in [9.17, 15) is 4.79 Å². The van der Waals surface area contributed by atoms with Crippen molar-refractivity contribution in [1.82, 2.24) is 20.0 Å². The van der Waals surface area contributed by atoms with Crippen molar-refractivity contribution in [2.45, 2.75) is 26.4 Å². The highest BCUT2D eigenvalue weighted by Gasteiger charge is 2.14. The summed E-state index contributed by atoms with van der Waals surface area (Å²) < 4.78 is 10.5. The fourth-order valence-electron chi connectivity index (χ4n) is 2.54. The van der Waals surface area contributed by atoms with Gasteiger partial charge >= 0.3 is 0 Å². The maximum Gasteiger partial charge on any atom is 0.240 e. The number of aryl methyl sites for hydroxylation is 1. The lowest BCUT2D eigenvalue weighted by atomic mass is 10.2. The van der Waals surface area contributed by atoms with Crippen LogP contribution in [0.3, 0.4) is 0 Å². The van der Waals surface area contributed by atoms with E-state index in [1.165, 1.54) is 4.88 Å². The number of thiazole rings is 1. The van der Waals surface area contributed by atoms with Crippen LogP contribution in [0.4, 0.5) is 5.69 Å². The number of aromatic nitrogens is 3. The van der Waals surface area contributed by atoms with Crippen LogP contribution < -0.4 is 10.1 Å². The summed E-state index contributed by atoms with van der Waals surface area (Å²) in [6.45, 7) is 3.23. The number of rotatable bonds is 8. The number of carbonyl (C=O) groups excluding carboxylic acids is 1. The number of methoxy groups -OCH3 is 1. The third-order valence-electron chi connectivity index (χ3n) is 3.71. The van der Waals surface area contributed by atoms with Crippen LogP contribution in [0.25, 0.3) is 0 Å². The Hall–Kier alpha value is -2.78. The standard InChI is InChI=1S/C18H21N5O3S/c1-12-19-9-13(27-12)10-23(2)11-18-21-16(22-26-18)8-17(24)20-14-6-4-5-7-15(14)25-3/h4-7,9H,8,10-11H2,1-3H3,(H,20,24). The van der Waals surface area contributed by atoms with Crippen LogP contribution in [-0.4, -0.2) is 40.1 Å². The zero-order chi connectivity index (χ0) is 19.2. The first kappa shape index (κ1) is 19.0. The van der Waals surface area contributed by atoms with Crippen LogP contribution in [-0.2, 0) is 24.3 Å². The minimum Gasteiger partial charge on any atom is -0.495 e. The largest absolute Gasteiger partial charge is 0.495 e. The molecular formula is C18H21N5O3S. The van der Waals surface area contributed by atoms with Crippen LogP contribution >= 0.6 is 11.3 Å². The molecule has 142 valence electrons. The van der Waals surface area contributed by atoms with E-state index in [1.54, 1.807) is 30.6 Å². The second-order valence-corrected chi connectivity index (χ2v) is 7.37. The van der Waals surface area contributed by atoms with Crippen LogP contribution in [0.2, 0.25) is 0 Å². The van der Waals surface area contributed by atoms with Gasteiger partial charge in [0.05, 0.1) is 30.8 Å². The van der Waals surface area contributed by atoms with Gasteiger partial charge in [0.25, 0.3) is 0 Å². The molecule has 1 N–H and O–H groups in total. The molecule has 0 bridgehead atoms. The highest BCUT2D eigenvalue weighted by Crippen LogP contribution is 2.23. The molecule has 3 rings (SSSR count). The van der Waals surface area contributed by atoms with E-state index >= 15 is 0 Å². The molecule has 0 spiro atoms. The fraction of sp³-hybridized carbons (Fsp3) is 0.333. The van der Waals surface area contributed by atoms with Crippen molar-refractivity contribution in [2.24, 2.45) is 0 Å². The molecule has 0 saturated carbocycles. The zero-order valence-corrected chi connectivity index (χ0v) is 16.2. The molecule has 0 fully saturated rings. The van der Waals surface area contributed by atoms with Gasteiger partial charge < -0.3 is 14.6 Å². The van der Waals surface area contributed by atoms with Crippen molar-refractivity contribution in [3.05, 3.63) is 52.1 Å². The summed E-state index contributed by atoms with van der Waals surface area (Å²) in [6.07, 6.45) is 1.90. The minimum atomic E-state index is -0.236. The Morgan fingerprint density at radius 1 is 1.33 bits per heavy atom. The number of nitrogens with zero attached hydrogens (tertiary/aromatic N) is 4. The van der Waals surface area contributed by atoms with E-state index < -0.39 is 0 Å². The Morgan fingerprint density at radius 2 is 2.15 bits per heavy atom. The second-order valence-electron chi connectivity index (χ2n) is 6.05. The van der Waals surface area contributed by atoms with Gasteiger partial charge in [-0.25, -0.2) is 4.98 Å². The number of benzene rings is 1. The lowest BCUT2D eigenvalue weighted by Gasteiger charge is -2.11. The van der Waals surface area contributed by atoms with Crippen molar-refractivity contribution in [1.29, 1.82) is 0 Å². The third kappa shape index (κ3) is 5.35. The van der Waals surface area contributed by atoms with Crippen molar-refractivity contribution >= 4 is 22.9 Å². The molecule has 2 heterocycles. The molecule has 0 radical (unpaired) electrons. The second kappa shape index (κ2) is 8.74. The zero-order valence-electron chi connectivity index (χ0n) is 15.4. The van der Waals surface area contributed by atoms with Crippen molar-refractivity contribution < 1.29 is 14.1 Å². The number of carbonyl (C=O) groups is 1. The van der Waals surface area contributed by atoms with Gasteiger partial charge in [-0.2, -0.15) is 4.98 Å². The number of amides is 1. The first-order valence-corrected chi connectivity index (χ1v) is 9.19. The molecule has 2 aromatic heterocycles. The molecule has 9 heteroatoms. The molecular weight excluding hydrogens is 366 g/mol. The monoisotopic (exact) mass is 387 g/mol. The SMILES string of the molecule is COc1ccccc1NC(=O)Cc1noc(CN(C)Cc2cnc(C)s2)n1. The average molecular weight is 387 g/mol. The first-order chi connectivity index (χ1) is 13.0. The van der Waals surface area contributed by atoms with Crippen LogP contribution in [0.5, 0.6) is 5.75 Å². The van der Waals surface area contributed by atoms with Gasteiger partial charge in [0.1, 0.15) is 5.75 Å². The predicted octanol–water partition coefficient (Wildman–Crippen LogP) is 2.66. The van der Waals surface area contributed by atoms with Gasteiger partial charge in [0, 0.05) is 17.6 Å². The van der Waals surface area contributed by atoms with E-state index in [1.807, 2.05) is 32.3 Å². The summed E-state index contributed by atoms with van der Waals surface area (Å²) in [4.78, 5) is 24.0. The Balaban J connectivity index is 1.53. The van der Waals surface area contributed by atoms with Crippen LogP contribution in [0.1, 0.15) is 21.6 Å². The molecule has 8 nitrogen and oxygen atoms in total. The quantitative estimate of drug-likeness (QED) is 0.635. The Bertz CT molecular complexity index is 908. The summed E-state index contributed by atoms with van der Waals surface area (Å²) in [5.74, 6) is 1.18. The smallest absolute Gasteiger partial charge is 0.240 e. The third-order valence-corrected chi connectivity index (χ3v) is 4.61. The predicted molar refractivity (Wildman–Crippen MR) is 102 cm³/mol. The van der Waals surface area contributed by atoms with Gasteiger partial charge in [-0.15, -0.1) is 11.3 Å². The van der Waals surface area contributed by atoms with Crippen molar-refractivity contribution in [2.75, 3.05) is 19.5 Å². The van der Waals surface area contributed by atoms with Gasteiger partial charge in [-0.05, 0) is 26.1 Å². The van der Waals surface area contributed by atoms with E-state index in [-0.39, 0.29) is 12.3 Å². The number of hydrogen-bond acceptors (Lipinski definition) is 8. The molecule has 0 aliphatic carbocycles. The summed E-state index contributed by atoms with van der Waals surface area (Å²) in [5, 5.41) is 7.72. The van der Waals surface area contributed by atoms with E-state index in [0.717, 1.165) is 11.6 Å². The Kier molecular flexibility index (Phi) is 6.15. The number of para-hydroxylation sites is 2. The molecule has 3 aromatic rings. The molecule has 0 unspecified atom stereocenters. The molecule has 0 aliphatic rings. The van der Waals surface area contributed by atoms with Crippen LogP contribution in [0, 0.1) is 6.92 Å². The molecule has 27 heavy (non-hydrogen) atoms. The average Bonchev–Trinajstić information content (AvgIpc) is 3.24. The topological polar surface area (TPSA) is 93.4 Å².